The summed E-state index contributed by atoms with van der Waals surface area (Å²) < 4.78 is 32.5. The number of carbonyl (C=O) groups excluding carboxylic acids is 2. The zero-order valence-corrected chi connectivity index (χ0v) is 32.0. The fourth-order valence-electron chi connectivity index (χ4n) is 5.81. The largest absolute Gasteiger partial charge is 0.497 e. The lowest BCUT2D eigenvalue weighted by molar-refractivity contribution is 0.0941. The highest BCUT2D eigenvalue weighted by molar-refractivity contribution is 5.94. The van der Waals surface area contributed by atoms with Crippen LogP contribution < -0.4 is 36.0 Å². The molecule has 2 amide bonds. The zero-order chi connectivity index (χ0) is 40.4. The monoisotopic (exact) mass is 758 g/mol. The van der Waals surface area contributed by atoms with Gasteiger partial charge in [-0.25, -0.2) is 4.39 Å². The van der Waals surface area contributed by atoms with Gasteiger partial charge in [-0.05, 0) is 110 Å². The van der Waals surface area contributed by atoms with Gasteiger partial charge in [-0.3, -0.25) is 28.3 Å². The molecule has 0 saturated carbocycles. The van der Waals surface area contributed by atoms with Gasteiger partial charge in [0.15, 0.2) is 0 Å². The highest BCUT2D eigenvalue weighted by Crippen LogP contribution is 2.18. The van der Waals surface area contributed by atoms with E-state index < -0.39 is 23.2 Å². The summed E-state index contributed by atoms with van der Waals surface area (Å²) in [4.78, 5) is 51.1. The molecule has 2 aromatic heterocycles. The van der Waals surface area contributed by atoms with E-state index in [1.54, 1.807) is 95.0 Å². The minimum absolute atomic E-state index is 0.0417. The number of benzene rings is 4. The number of amides is 2. The molecule has 6 rings (SSSR count). The summed E-state index contributed by atoms with van der Waals surface area (Å²) in [5.74, 6) is 0.649. The van der Waals surface area contributed by atoms with Crippen molar-refractivity contribution in [3.05, 3.63) is 181 Å². The average molecular weight is 759 g/mol. The number of hydrogen-bond acceptors (Lipinski definition) is 7. The number of hydrogen-bond donors (Lipinski definition) is 2. The highest BCUT2D eigenvalue weighted by atomic mass is 19.1. The topological polar surface area (TPSA) is 130 Å². The smallest absolute Gasteiger partial charge is 0.268 e. The Bertz CT molecular complexity index is 2460. The van der Waals surface area contributed by atoms with E-state index >= 15 is 0 Å². The number of methoxy groups -OCH3 is 3. The highest BCUT2D eigenvalue weighted by Gasteiger charge is 2.18. The van der Waals surface area contributed by atoms with Crippen molar-refractivity contribution in [3.63, 3.8) is 0 Å². The first kappa shape index (κ1) is 40.2. The first-order valence-corrected chi connectivity index (χ1v) is 17.6. The third kappa shape index (κ3) is 9.58. The maximum absolute atomic E-state index is 14.3. The molecular weight excluding hydrogens is 716 g/mol. The van der Waals surface area contributed by atoms with Crippen molar-refractivity contribution < 1.29 is 28.2 Å². The molecule has 0 spiro atoms. The van der Waals surface area contributed by atoms with E-state index in [0.717, 1.165) is 33.9 Å². The Hall–Kier alpha value is -6.95. The maximum atomic E-state index is 14.3. The number of aryl methyl sites for hydroxylation is 3. The van der Waals surface area contributed by atoms with Crippen molar-refractivity contribution >= 4 is 11.8 Å². The number of aromatic nitrogens is 2. The molecule has 4 aromatic carbocycles. The van der Waals surface area contributed by atoms with Crippen LogP contribution in [0.5, 0.6) is 17.2 Å². The van der Waals surface area contributed by atoms with Crippen LogP contribution in [0.4, 0.5) is 4.39 Å². The molecule has 2 N–H and O–H groups in total. The molecule has 0 bridgehead atoms. The Balaban J connectivity index is 0.000000214. The van der Waals surface area contributed by atoms with E-state index in [9.17, 15) is 23.6 Å². The van der Waals surface area contributed by atoms with Gasteiger partial charge in [0, 0.05) is 30.5 Å². The average Bonchev–Trinajstić information content (AvgIpc) is 3.21. The number of halogens is 1. The van der Waals surface area contributed by atoms with Crippen LogP contribution in [0, 0.1) is 26.6 Å². The van der Waals surface area contributed by atoms with Gasteiger partial charge < -0.3 is 24.8 Å². The first-order valence-electron chi connectivity index (χ1n) is 17.6. The van der Waals surface area contributed by atoms with Crippen LogP contribution in [0.1, 0.15) is 48.8 Å². The summed E-state index contributed by atoms with van der Waals surface area (Å²) in [6.07, 6.45) is 0. The van der Waals surface area contributed by atoms with Gasteiger partial charge in [0.05, 0.1) is 32.7 Å². The summed E-state index contributed by atoms with van der Waals surface area (Å²) in [7, 11) is 4.75. The van der Waals surface area contributed by atoms with Gasteiger partial charge in [-0.15, -0.1) is 0 Å². The molecule has 288 valence electrons. The Morgan fingerprint density at radius 3 is 1.55 bits per heavy atom. The molecule has 0 saturated heterocycles. The predicted octanol–water partition coefficient (Wildman–Crippen LogP) is 6.63. The fourth-order valence-corrected chi connectivity index (χ4v) is 5.81. The fraction of sp³-hybridized carbons (Fsp3) is 0.182. The molecule has 56 heavy (non-hydrogen) atoms. The molecule has 2 heterocycles. The lowest BCUT2D eigenvalue weighted by atomic mass is 10.1. The zero-order valence-electron chi connectivity index (χ0n) is 32.0. The van der Waals surface area contributed by atoms with Crippen molar-refractivity contribution in [3.8, 4) is 28.6 Å². The Morgan fingerprint density at radius 2 is 1.05 bits per heavy atom. The number of pyridine rings is 2. The third-order valence-electron chi connectivity index (χ3n) is 8.92. The molecule has 6 aromatic rings. The van der Waals surface area contributed by atoms with Crippen LogP contribution in [0.15, 0.2) is 125 Å². The molecule has 0 fully saturated rings. The van der Waals surface area contributed by atoms with Crippen LogP contribution in [-0.4, -0.2) is 42.3 Å². The number of rotatable bonds is 11. The van der Waals surface area contributed by atoms with Crippen molar-refractivity contribution in [1.82, 2.24) is 19.8 Å². The summed E-state index contributed by atoms with van der Waals surface area (Å²) in [5.41, 5.74) is 3.75. The van der Waals surface area contributed by atoms with Crippen LogP contribution in [-0.2, 0) is 13.1 Å². The van der Waals surface area contributed by atoms with Crippen molar-refractivity contribution in [1.29, 1.82) is 0 Å². The molecule has 11 nitrogen and oxygen atoms in total. The van der Waals surface area contributed by atoms with Crippen LogP contribution in [0.25, 0.3) is 11.4 Å². The molecule has 0 unspecified atom stereocenters. The number of nitrogens with one attached hydrogen (secondary N) is 2. The van der Waals surface area contributed by atoms with Gasteiger partial charge in [0.1, 0.15) is 34.2 Å². The summed E-state index contributed by atoms with van der Waals surface area (Å²) in [6.45, 7) is 5.90. The van der Waals surface area contributed by atoms with E-state index in [2.05, 4.69) is 10.6 Å². The Labute approximate surface area is 323 Å². The van der Waals surface area contributed by atoms with E-state index in [4.69, 9.17) is 14.2 Å². The predicted molar refractivity (Wildman–Crippen MR) is 213 cm³/mol. The van der Waals surface area contributed by atoms with E-state index in [1.807, 2.05) is 50.2 Å². The minimum Gasteiger partial charge on any atom is -0.497 e. The maximum Gasteiger partial charge on any atom is 0.268 e. The SMILES string of the molecule is COc1ccc(CNC(=O)c2ccc(C)n(-c3cc(C)ccc3F)c2=O)cc1.COc1ccc(CNC(=O)c2ccc(C)n(-c3cccc(OC)c3)c2=O)cc1. The lowest BCUT2D eigenvalue weighted by Gasteiger charge is -2.13. The number of carbonyl (C=O) groups is 2. The molecular formula is C44H43FN4O7. The van der Waals surface area contributed by atoms with Crippen molar-refractivity contribution in [2.24, 2.45) is 0 Å². The second-order valence-corrected chi connectivity index (χ2v) is 12.8. The summed E-state index contributed by atoms with van der Waals surface area (Å²) in [6, 6.07) is 32.7. The number of ether oxygens (including phenoxy) is 3. The normalized spacial score (nSPS) is 10.5. The van der Waals surface area contributed by atoms with Crippen molar-refractivity contribution in [2.45, 2.75) is 33.9 Å². The summed E-state index contributed by atoms with van der Waals surface area (Å²) in [5, 5.41) is 5.53. The molecule has 0 aliphatic carbocycles. The van der Waals surface area contributed by atoms with Crippen molar-refractivity contribution in [2.75, 3.05) is 21.3 Å². The van der Waals surface area contributed by atoms with E-state index in [1.165, 1.54) is 21.3 Å². The molecule has 12 heteroatoms. The van der Waals surface area contributed by atoms with Gasteiger partial charge in [-0.2, -0.15) is 0 Å². The molecule has 0 aliphatic heterocycles. The summed E-state index contributed by atoms with van der Waals surface area (Å²) >= 11 is 0. The van der Waals surface area contributed by atoms with E-state index in [-0.39, 0.29) is 28.9 Å². The molecule has 0 radical (unpaired) electrons. The first-order chi connectivity index (χ1) is 26.9. The Kier molecular flexibility index (Phi) is 13.2. The second-order valence-electron chi connectivity index (χ2n) is 12.8. The van der Waals surface area contributed by atoms with Gasteiger partial charge in [0.2, 0.25) is 0 Å². The van der Waals surface area contributed by atoms with Gasteiger partial charge in [0.25, 0.3) is 22.9 Å². The standard InChI is InChI=1S/C22H21FN2O3.C22H22N2O4/c1-14-4-11-19(23)20(12-14)25-15(2)5-10-18(22(25)27)21(26)24-13-16-6-8-17(28-3)9-7-16;1-15-7-12-20(21(25)23-14-16-8-10-18(27-2)11-9-16)22(26)24(15)17-5-4-6-19(13-17)28-3/h4-12H,13H2,1-3H3,(H,24,26);4-13H,14H2,1-3H3,(H,23,25). The quantitative estimate of drug-likeness (QED) is 0.152. The molecule has 0 aliphatic rings. The number of nitrogens with zero attached hydrogens (tertiary/aromatic N) is 2. The lowest BCUT2D eigenvalue weighted by Crippen LogP contribution is -2.33. The Morgan fingerprint density at radius 1 is 0.571 bits per heavy atom. The van der Waals surface area contributed by atoms with Gasteiger partial charge in [-0.1, -0.05) is 36.4 Å². The van der Waals surface area contributed by atoms with Crippen LogP contribution in [0.3, 0.4) is 0 Å². The van der Waals surface area contributed by atoms with Gasteiger partial charge >= 0.3 is 0 Å². The minimum atomic E-state index is -0.559. The van der Waals surface area contributed by atoms with Crippen LogP contribution in [0.2, 0.25) is 0 Å². The molecule has 0 atom stereocenters. The second kappa shape index (κ2) is 18.4. The third-order valence-corrected chi connectivity index (χ3v) is 8.92. The van der Waals surface area contributed by atoms with E-state index in [0.29, 0.717) is 23.7 Å². The van der Waals surface area contributed by atoms with Crippen LogP contribution >= 0.6 is 0 Å².